The van der Waals surface area contributed by atoms with Crippen molar-refractivity contribution in [2.24, 2.45) is 0 Å². The van der Waals surface area contributed by atoms with Crippen molar-refractivity contribution in [1.82, 2.24) is 9.97 Å². The maximum absolute atomic E-state index is 12.8. The highest BCUT2D eigenvalue weighted by Gasteiger charge is 2.21. The van der Waals surface area contributed by atoms with Gasteiger partial charge in [-0.05, 0) is 30.5 Å². The first-order valence-electron chi connectivity index (χ1n) is 8.65. The summed E-state index contributed by atoms with van der Waals surface area (Å²) in [6.45, 7) is 2.88. The summed E-state index contributed by atoms with van der Waals surface area (Å²) in [6, 6.07) is 11.9. The van der Waals surface area contributed by atoms with Gasteiger partial charge < -0.3 is 9.88 Å². The van der Waals surface area contributed by atoms with E-state index in [9.17, 15) is 4.79 Å². The Bertz CT molecular complexity index is 1130. The molecule has 1 aromatic carbocycles. The van der Waals surface area contributed by atoms with Crippen LogP contribution in [0.3, 0.4) is 0 Å². The zero-order valence-electron chi connectivity index (χ0n) is 15.0. The van der Waals surface area contributed by atoms with Gasteiger partial charge in [-0.2, -0.15) is 0 Å². The van der Waals surface area contributed by atoms with Gasteiger partial charge in [-0.15, -0.1) is 22.7 Å². The lowest BCUT2D eigenvalue weighted by Gasteiger charge is -2.21. The quantitative estimate of drug-likeness (QED) is 0.513. The van der Waals surface area contributed by atoms with E-state index in [1.54, 1.807) is 11.3 Å². The number of rotatable bonds is 5. The molecule has 2 N–H and O–H groups in total. The maximum atomic E-state index is 12.8. The van der Waals surface area contributed by atoms with Crippen LogP contribution in [-0.4, -0.2) is 17.0 Å². The largest absolute Gasteiger partial charge is 0.325 e. The number of H-pyrrole nitrogens is 1. The first-order chi connectivity index (χ1) is 13.0. The van der Waals surface area contributed by atoms with Gasteiger partial charge in [0.25, 0.3) is 5.56 Å². The van der Waals surface area contributed by atoms with Gasteiger partial charge in [0.1, 0.15) is 17.4 Å². The van der Waals surface area contributed by atoms with Gasteiger partial charge in [-0.3, -0.25) is 4.79 Å². The molecule has 0 aliphatic carbocycles. The molecule has 4 nitrogen and oxygen atoms in total. The van der Waals surface area contributed by atoms with Gasteiger partial charge in [0.15, 0.2) is 5.82 Å². The van der Waals surface area contributed by atoms with E-state index in [4.69, 9.17) is 16.6 Å². The van der Waals surface area contributed by atoms with E-state index >= 15 is 0 Å². The summed E-state index contributed by atoms with van der Waals surface area (Å²) in [5, 5.41) is 5.47. The molecule has 2 atom stereocenters. The van der Waals surface area contributed by atoms with Gasteiger partial charge in [0, 0.05) is 26.4 Å². The number of quaternary nitrogens is 1. The number of hydrogen-bond donors (Lipinski definition) is 2. The minimum Gasteiger partial charge on any atom is -0.325 e. The predicted molar refractivity (Wildman–Crippen MR) is 114 cm³/mol. The van der Waals surface area contributed by atoms with Crippen LogP contribution in [0.5, 0.6) is 0 Å². The molecule has 7 heteroatoms. The molecule has 1 unspecified atom stereocenters. The molecule has 3 aromatic heterocycles. The molecule has 0 fully saturated rings. The van der Waals surface area contributed by atoms with Crippen molar-refractivity contribution in [1.29, 1.82) is 0 Å². The van der Waals surface area contributed by atoms with Crippen molar-refractivity contribution in [3.05, 3.63) is 73.9 Å². The van der Waals surface area contributed by atoms with Crippen LogP contribution in [0.25, 0.3) is 20.7 Å². The molecule has 0 saturated carbocycles. The predicted octanol–water partition coefficient (Wildman–Crippen LogP) is 4.14. The second-order valence-corrected chi connectivity index (χ2v) is 8.87. The molecular formula is C20H19ClN3OS2+. The highest BCUT2D eigenvalue weighted by Crippen LogP contribution is 2.33. The van der Waals surface area contributed by atoms with Crippen molar-refractivity contribution in [3.8, 4) is 10.4 Å². The van der Waals surface area contributed by atoms with Crippen molar-refractivity contribution >= 4 is 44.5 Å². The van der Waals surface area contributed by atoms with Crippen LogP contribution in [0.4, 0.5) is 0 Å². The molecule has 0 aliphatic heterocycles. The van der Waals surface area contributed by atoms with Crippen LogP contribution in [0.15, 0.2) is 52.0 Å². The van der Waals surface area contributed by atoms with Gasteiger partial charge in [0.05, 0.1) is 12.4 Å². The molecule has 138 valence electrons. The van der Waals surface area contributed by atoms with Crippen molar-refractivity contribution < 1.29 is 4.90 Å². The number of nitrogens with one attached hydrogen (secondary N) is 2. The standard InChI is InChI=1S/C20H18ClN3OS2/c1-12(24(2)10-13-5-3-6-14(21)9-13)18-22-19(25)17-15(11-27-20(17)23-18)16-7-4-8-26-16/h3-9,11-12H,10H2,1-2H3,(H,22,23,25)/p+1/t12-/m0/s1. The van der Waals surface area contributed by atoms with E-state index in [1.165, 1.54) is 16.2 Å². The third-order valence-corrected chi connectivity index (χ3v) is 6.78. The van der Waals surface area contributed by atoms with E-state index in [0.29, 0.717) is 11.2 Å². The number of thiophene rings is 2. The average Bonchev–Trinajstić information content (AvgIpc) is 3.30. The highest BCUT2D eigenvalue weighted by molar-refractivity contribution is 7.18. The lowest BCUT2D eigenvalue weighted by molar-refractivity contribution is -0.924. The van der Waals surface area contributed by atoms with Crippen LogP contribution in [0.1, 0.15) is 24.4 Å². The van der Waals surface area contributed by atoms with Gasteiger partial charge in [-0.1, -0.05) is 29.8 Å². The Labute approximate surface area is 170 Å². The minimum atomic E-state index is -0.0675. The van der Waals surface area contributed by atoms with Crippen LogP contribution >= 0.6 is 34.3 Å². The summed E-state index contributed by atoms with van der Waals surface area (Å²) in [4.78, 5) is 23.7. The molecule has 0 radical (unpaired) electrons. The maximum Gasteiger partial charge on any atom is 0.260 e. The number of aromatic nitrogens is 2. The second-order valence-electron chi connectivity index (χ2n) is 6.63. The second kappa shape index (κ2) is 7.56. The van der Waals surface area contributed by atoms with E-state index < -0.39 is 0 Å². The number of fused-ring (bicyclic) bond motifs is 1. The Morgan fingerprint density at radius 2 is 2.11 bits per heavy atom. The van der Waals surface area contributed by atoms with Crippen LogP contribution in [0.2, 0.25) is 5.02 Å². The molecule has 4 rings (SSSR count). The summed E-state index contributed by atoms with van der Waals surface area (Å²) < 4.78 is 0. The van der Waals surface area contributed by atoms with Crippen LogP contribution < -0.4 is 10.5 Å². The third kappa shape index (κ3) is 3.71. The number of aromatic amines is 1. The smallest absolute Gasteiger partial charge is 0.260 e. The molecule has 4 aromatic rings. The fraction of sp³-hybridized carbons (Fsp3) is 0.200. The van der Waals surface area contributed by atoms with Crippen molar-refractivity contribution in [3.63, 3.8) is 0 Å². The van der Waals surface area contributed by atoms with Crippen molar-refractivity contribution in [2.75, 3.05) is 7.05 Å². The Kier molecular flexibility index (Phi) is 5.14. The summed E-state index contributed by atoms with van der Waals surface area (Å²) in [5.41, 5.74) is 2.06. The molecule has 3 heterocycles. The Morgan fingerprint density at radius 1 is 1.26 bits per heavy atom. The first kappa shape index (κ1) is 18.4. The normalized spacial score (nSPS) is 13.7. The summed E-state index contributed by atoms with van der Waals surface area (Å²) >= 11 is 9.25. The van der Waals surface area contributed by atoms with Gasteiger partial charge in [-0.25, -0.2) is 4.98 Å². The number of hydrogen-bond acceptors (Lipinski definition) is 4. The molecule has 27 heavy (non-hydrogen) atoms. The van der Waals surface area contributed by atoms with Gasteiger partial charge in [0.2, 0.25) is 0 Å². The molecule has 0 bridgehead atoms. The fourth-order valence-corrected chi connectivity index (χ4v) is 5.12. The Morgan fingerprint density at radius 3 is 2.85 bits per heavy atom. The zero-order chi connectivity index (χ0) is 19.0. The number of nitrogens with zero attached hydrogens (tertiary/aromatic N) is 1. The monoisotopic (exact) mass is 416 g/mol. The summed E-state index contributed by atoms with van der Waals surface area (Å²) in [7, 11) is 2.10. The molecule has 0 amide bonds. The first-order valence-corrected chi connectivity index (χ1v) is 10.8. The van der Waals surface area contributed by atoms with E-state index in [-0.39, 0.29) is 11.6 Å². The van der Waals surface area contributed by atoms with E-state index in [2.05, 4.69) is 25.0 Å². The lowest BCUT2D eigenvalue weighted by Crippen LogP contribution is -3.07. The Hall–Kier alpha value is -1.99. The fourth-order valence-electron chi connectivity index (χ4n) is 3.14. The summed E-state index contributed by atoms with van der Waals surface area (Å²) in [6.07, 6.45) is 0. The molecule has 0 saturated heterocycles. The number of benzene rings is 1. The van der Waals surface area contributed by atoms with E-state index in [1.807, 2.05) is 41.1 Å². The highest BCUT2D eigenvalue weighted by atomic mass is 35.5. The number of halogens is 1. The zero-order valence-corrected chi connectivity index (χ0v) is 17.3. The SMILES string of the molecule is C[C@@H](c1nc2scc(-c3cccs3)c2c(=O)[nH]1)[NH+](C)Cc1cccc(Cl)c1. The molecule has 0 aliphatic rings. The van der Waals surface area contributed by atoms with Gasteiger partial charge >= 0.3 is 0 Å². The third-order valence-electron chi connectivity index (χ3n) is 4.77. The van der Waals surface area contributed by atoms with E-state index in [0.717, 1.165) is 32.4 Å². The lowest BCUT2D eigenvalue weighted by atomic mass is 10.1. The molecular weight excluding hydrogens is 398 g/mol. The minimum absolute atomic E-state index is 0.0494. The molecule has 0 spiro atoms. The van der Waals surface area contributed by atoms with Crippen molar-refractivity contribution in [2.45, 2.75) is 19.5 Å². The summed E-state index contributed by atoms with van der Waals surface area (Å²) in [5.74, 6) is 0.714. The van der Waals surface area contributed by atoms with Crippen LogP contribution in [-0.2, 0) is 6.54 Å². The average molecular weight is 417 g/mol. The van der Waals surface area contributed by atoms with Crippen LogP contribution in [0, 0.1) is 0 Å². The Balaban J connectivity index is 1.64. The topological polar surface area (TPSA) is 50.2 Å².